The SMILES string of the molecule is COc1ccc(CCCN(C)[C@@H](C)C(=O)Nc2cc(C)no2)cc1. The van der Waals surface area contributed by atoms with E-state index in [1.165, 1.54) is 5.56 Å². The zero-order valence-corrected chi connectivity index (χ0v) is 14.7. The molecule has 130 valence electrons. The van der Waals surface area contributed by atoms with E-state index in [0.29, 0.717) is 5.88 Å². The fourth-order valence-electron chi connectivity index (χ4n) is 2.37. The van der Waals surface area contributed by atoms with E-state index >= 15 is 0 Å². The van der Waals surface area contributed by atoms with Crippen LogP contribution in [0.2, 0.25) is 0 Å². The monoisotopic (exact) mass is 331 g/mol. The van der Waals surface area contributed by atoms with Crippen molar-refractivity contribution in [3.63, 3.8) is 0 Å². The fourth-order valence-corrected chi connectivity index (χ4v) is 2.37. The number of anilines is 1. The summed E-state index contributed by atoms with van der Waals surface area (Å²) in [4.78, 5) is 14.2. The predicted molar refractivity (Wildman–Crippen MR) is 93.3 cm³/mol. The number of benzene rings is 1. The Hall–Kier alpha value is -2.34. The summed E-state index contributed by atoms with van der Waals surface area (Å²) < 4.78 is 10.2. The van der Waals surface area contributed by atoms with Crippen molar-refractivity contribution in [2.75, 3.05) is 26.0 Å². The van der Waals surface area contributed by atoms with Crippen molar-refractivity contribution in [3.8, 4) is 5.75 Å². The molecule has 0 saturated carbocycles. The maximum Gasteiger partial charge on any atom is 0.243 e. The van der Waals surface area contributed by atoms with Gasteiger partial charge in [0.1, 0.15) is 5.75 Å². The molecule has 0 aliphatic heterocycles. The number of nitrogens with zero attached hydrogens (tertiary/aromatic N) is 2. The predicted octanol–water partition coefficient (Wildman–Crippen LogP) is 2.88. The number of ether oxygens (including phenoxy) is 1. The largest absolute Gasteiger partial charge is 0.497 e. The number of hydrogen-bond acceptors (Lipinski definition) is 5. The number of aromatic nitrogens is 1. The molecule has 0 fully saturated rings. The maximum atomic E-state index is 12.2. The number of carbonyl (C=O) groups is 1. The van der Waals surface area contributed by atoms with Crippen LogP contribution in [0.3, 0.4) is 0 Å². The number of methoxy groups -OCH3 is 1. The topological polar surface area (TPSA) is 67.6 Å². The minimum absolute atomic E-state index is 0.0990. The van der Waals surface area contributed by atoms with Gasteiger partial charge in [-0.2, -0.15) is 0 Å². The third-order valence-electron chi connectivity index (χ3n) is 4.05. The summed E-state index contributed by atoms with van der Waals surface area (Å²) in [6, 6.07) is 9.53. The number of likely N-dealkylation sites (N-methyl/N-ethyl adjacent to an activating group) is 1. The minimum Gasteiger partial charge on any atom is -0.497 e. The number of hydrogen-bond donors (Lipinski definition) is 1. The lowest BCUT2D eigenvalue weighted by atomic mass is 10.1. The van der Waals surface area contributed by atoms with Gasteiger partial charge in [-0.25, -0.2) is 0 Å². The smallest absolute Gasteiger partial charge is 0.243 e. The van der Waals surface area contributed by atoms with E-state index in [1.54, 1.807) is 13.2 Å². The van der Waals surface area contributed by atoms with E-state index < -0.39 is 0 Å². The third-order valence-corrected chi connectivity index (χ3v) is 4.05. The number of carbonyl (C=O) groups excluding carboxylic acids is 1. The molecule has 1 aromatic heterocycles. The van der Waals surface area contributed by atoms with Crippen molar-refractivity contribution in [2.24, 2.45) is 0 Å². The average molecular weight is 331 g/mol. The lowest BCUT2D eigenvalue weighted by Gasteiger charge is -2.23. The Morgan fingerprint density at radius 2 is 2.08 bits per heavy atom. The number of aryl methyl sites for hydroxylation is 2. The van der Waals surface area contributed by atoms with Gasteiger partial charge in [0.25, 0.3) is 0 Å². The maximum absolute atomic E-state index is 12.2. The van der Waals surface area contributed by atoms with Crippen LogP contribution in [0, 0.1) is 6.92 Å². The molecular formula is C18H25N3O3. The zero-order valence-electron chi connectivity index (χ0n) is 14.7. The molecule has 1 aromatic carbocycles. The molecule has 0 bridgehead atoms. The van der Waals surface area contributed by atoms with E-state index in [9.17, 15) is 4.79 Å². The molecule has 2 rings (SSSR count). The Balaban J connectivity index is 1.76. The van der Waals surface area contributed by atoms with E-state index in [2.05, 4.69) is 22.6 Å². The highest BCUT2D eigenvalue weighted by atomic mass is 16.5. The van der Waals surface area contributed by atoms with Crippen LogP contribution in [0.15, 0.2) is 34.9 Å². The van der Waals surface area contributed by atoms with Crippen LogP contribution in [0.5, 0.6) is 5.75 Å². The molecule has 0 radical (unpaired) electrons. The summed E-state index contributed by atoms with van der Waals surface area (Å²) in [7, 11) is 3.61. The van der Waals surface area contributed by atoms with Crippen molar-refractivity contribution >= 4 is 11.8 Å². The molecule has 0 aliphatic rings. The van der Waals surface area contributed by atoms with Crippen LogP contribution in [0.4, 0.5) is 5.88 Å². The highest BCUT2D eigenvalue weighted by Crippen LogP contribution is 2.13. The molecular weight excluding hydrogens is 306 g/mol. The van der Waals surface area contributed by atoms with Gasteiger partial charge in [-0.3, -0.25) is 15.0 Å². The summed E-state index contributed by atoms with van der Waals surface area (Å²) in [5, 5.41) is 6.50. The van der Waals surface area contributed by atoms with E-state index in [4.69, 9.17) is 9.26 Å². The van der Waals surface area contributed by atoms with Gasteiger partial charge in [0.05, 0.1) is 18.8 Å². The van der Waals surface area contributed by atoms with Crippen LogP contribution in [-0.4, -0.2) is 42.7 Å². The molecule has 6 heteroatoms. The van der Waals surface area contributed by atoms with Gasteiger partial charge in [-0.15, -0.1) is 0 Å². The van der Waals surface area contributed by atoms with Gasteiger partial charge in [0, 0.05) is 6.07 Å². The van der Waals surface area contributed by atoms with Crippen molar-refractivity contribution in [1.29, 1.82) is 0 Å². The van der Waals surface area contributed by atoms with Gasteiger partial charge >= 0.3 is 0 Å². The summed E-state index contributed by atoms with van der Waals surface area (Å²) in [5.74, 6) is 1.15. The first-order chi connectivity index (χ1) is 11.5. The second-order valence-corrected chi connectivity index (χ2v) is 5.93. The summed E-state index contributed by atoms with van der Waals surface area (Å²) >= 11 is 0. The average Bonchev–Trinajstić information content (AvgIpc) is 2.99. The molecule has 1 atom stereocenters. The normalized spacial score (nSPS) is 12.2. The lowest BCUT2D eigenvalue weighted by molar-refractivity contribution is -0.120. The fraction of sp³-hybridized carbons (Fsp3) is 0.444. The van der Waals surface area contributed by atoms with E-state index in [0.717, 1.165) is 30.8 Å². The van der Waals surface area contributed by atoms with Crippen LogP contribution in [-0.2, 0) is 11.2 Å². The Morgan fingerprint density at radius 3 is 2.67 bits per heavy atom. The van der Waals surface area contributed by atoms with Crippen LogP contribution < -0.4 is 10.1 Å². The molecule has 24 heavy (non-hydrogen) atoms. The Morgan fingerprint density at radius 1 is 1.38 bits per heavy atom. The number of rotatable bonds is 8. The quantitative estimate of drug-likeness (QED) is 0.805. The van der Waals surface area contributed by atoms with Crippen molar-refractivity contribution in [3.05, 3.63) is 41.6 Å². The van der Waals surface area contributed by atoms with Crippen LogP contribution in [0.25, 0.3) is 0 Å². The molecule has 1 heterocycles. The Bertz CT molecular complexity index is 652. The van der Waals surface area contributed by atoms with Crippen molar-refractivity contribution in [1.82, 2.24) is 10.1 Å². The van der Waals surface area contributed by atoms with Gasteiger partial charge in [0.2, 0.25) is 11.8 Å². The highest BCUT2D eigenvalue weighted by molar-refractivity contribution is 5.93. The van der Waals surface area contributed by atoms with Crippen LogP contribution in [0.1, 0.15) is 24.6 Å². The Kier molecular flexibility index (Phi) is 6.37. The summed E-state index contributed by atoms with van der Waals surface area (Å²) in [5.41, 5.74) is 2.00. The van der Waals surface area contributed by atoms with Crippen molar-refractivity contribution < 1.29 is 14.1 Å². The van der Waals surface area contributed by atoms with E-state index in [1.807, 2.05) is 37.9 Å². The molecule has 0 unspecified atom stereocenters. The third kappa shape index (κ3) is 5.09. The highest BCUT2D eigenvalue weighted by Gasteiger charge is 2.19. The van der Waals surface area contributed by atoms with Gasteiger partial charge in [-0.05, 0) is 58.0 Å². The first-order valence-electron chi connectivity index (χ1n) is 8.07. The zero-order chi connectivity index (χ0) is 17.5. The number of nitrogens with one attached hydrogen (secondary N) is 1. The number of amides is 1. The molecule has 2 aromatic rings. The van der Waals surface area contributed by atoms with E-state index in [-0.39, 0.29) is 11.9 Å². The molecule has 1 amide bonds. The summed E-state index contributed by atoms with van der Waals surface area (Å²) in [6.07, 6.45) is 1.94. The first-order valence-corrected chi connectivity index (χ1v) is 8.07. The second-order valence-electron chi connectivity index (χ2n) is 5.93. The lowest BCUT2D eigenvalue weighted by Crippen LogP contribution is -2.40. The van der Waals surface area contributed by atoms with Crippen LogP contribution >= 0.6 is 0 Å². The molecule has 0 saturated heterocycles. The van der Waals surface area contributed by atoms with Gasteiger partial charge in [-0.1, -0.05) is 17.3 Å². The standard InChI is InChI=1S/C18H25N3O3/c1-13-12-17(24-20-13)19-18(22)14(2)21(3)11-5-6-15-7-9-16(23-4)10-8-15/h7-10,12,14H,5-6,11H2,1-4H3,(H,19,22)/t14-/m0/s1. The second kappa shape index (κ2) is 8.49. The summed E-state index contributed by atoms with van der Waals surface area (Å²) in [6.45, 7) is 4.52. The molecule has 6 nitrogen and oxygen atoms in total. The molecule has 1 N–H and O–H groups in total. The minimum atomic E-state index is -0.244. The molecule has 0 aliphatic carbocycles. The van der Waals surface area contributed by atoms with Gasteiger partial charge in [0.15, 0.2) is 0 Å². The first kappa shape index (κ1) is 18.0. The van der Waals surface area contributed by atoms with Gasteiger partial charge < -0.3 is 9.26 Å². The molecule has 0 spiro atoms. The Labute approximate surface area is 142 Å². The van der Waals surface area contributed by atoms with Crippen molar-refractivity contribution in [2.45, 2.75) is 32.7 Å².